The molecule has 152 valence electrons. The van der Waals surface area contributed by atoms with Crippen LogP contribution in [-0.4, -0.2) is 28.5 Å². The summed E-state index contributed by atoms with van der Waals surface area (Å²) in [5, 5.41) is 7.57. The molecule has 0 spiro atoms. The molecule has 2 aromatic carbocycles. The third-order valence-corrected chi connectivity index (χ3v) is 4.30. The highest BCUT2D eigenvalue weighted by Gasteiger charge is 2.11. The average Bonchev–Trinajstić information content (AvgIpc) is 2.96. The number of amides is 1. The maximum atomic E-state index is 12.5. The second-order valence-electron chi connectivity index (χ2n) is 5.78. The zero-order valence-corrected chi connectivity index (χ0v) is 17.5. The summed E-state index contributed by atoms with van der Waals surface area (Å²) >= 11 is 11.8. The fourth-order valence-electron chi connectivity index (χ4n) is 2.41. The number of carbonyl (C=O) groups is 1. The minimum Gasteiger partial charge on any atom is -0.482 e. The summed E-state index contributed by atoms with van der Waals surface area (Å²) in [4.78, 5) is 24.4. The number of hydrogen-bond acceptors (Lipinski definition) is 4. The quantitative estimate of drug-likeness (QED) is 0.438. The van der Waals surface area contributed by atoms with E-state index < -0.39 is 5.91 Å². The summed E-state index contributed by atoms with van der Waals surface area (Å²) in [6, 6.07) is 13.8. The van der Waals surface area contributed by atoms with Crippen molar-refractivity contribution < 1.29 is 9.53 Å². The molecule has 0 saturated heterocycles. The number of nitrogens with one attached hydrogen (secondary N) is 2. The summed E-state index contributed by atoms with van der Waals surface area (Å²) in [6.07, 6.45) is 1.29. The molecule has 0 aliphatic carbocycles. The third-order valence-electron chi connectivity index (χ3n) is 3.77. The molecular weight excluding hydrogens is 439 g/mol. The van der Waals surface area contributed by atoms with Gasteiger partial charge in [0.05, 0.1) is 22.5 Å². The molecule has 0 fully saturated rings. The normalized spacial score (nSPS) is 10.6. The van der Waals surface area contributed by atoms with Crippen LogP contribution in [0.3, 0.4) is 0 Å². The van der Waals surface area contributed by atoms with Gasteiger partial charge in [0.15, 0.2) is 6.61 Å². The third kappa shape index (κ3) is 5.63. The van der Waals surface area contributed by atoms with Crippen LogP contribution in [0.4, 0.5) is 0 Å². The minimum atomic E-state index is -0.501. The van der Waals surface area contributed by atoms with Crippen molar-refractivity contribution in [1.82, 2.24) is 15.2 Å². The molecule has 10 heteroatoms. The Hall–Kier alpha value is -2.74. The smallest absolute Gasteiger partial charge is 0.280 e. The van der Waals surface area contributed by atoms with E-state index in [9.17, 15) is 9.59 Å². The Kier molecular flexibility index (Phi) is 7.90. The molecule has 0 radical (unpaired) electrons. The fraction of sp³-hybridized carbons (Fsp3) is 0.105. The van der Waals surface area contributed by atoms with Gasteiger partial charge in [-0.1, -0.05) is 41.4 Å². The number of hydrazone groups is 1. The van der Waals surface area contributed by atoms with E-state index in [2.05, 4.69) is 15.6 Å². The van der Waals surface area contributed by atoms with Gasteiger partial charge >= 0.3 is 0 Å². The number of aromatic nitrogens is 2. The zero-order chi connectivity index (χ0) is 20.1. The number of H-pyrrole nitrogens is 1. The van der Waals surface area contributed by atoms with Gasteiger partial charge in [-0.25, -0.2) is 10.1 Å². The molecule has 2 N–H and O–H groups in total. The Bertz CT molecular complexity index is 1080. The Morgan fingerprint density at radius 2 is 1.97 bits per heavy atom. The molecule has 1 heterocycles. The van der Waals surface area contributed by atoms with Gasteiger partial charge in [-0.2, -0.15) is 5.10 Å². The number of rotatable bonds is 6. The fourth-order valence-corrected chi connectivity index (χ4v) is 2.87. The second kappa shape index (κ2) is 10.2. The molecule has 3 rings (SSSR count). The molecule has 1 aromatic heterocycles. The van der Waals surface area contributed by atoms with Crippen LogP contribution < -0.4 is 15.7 Å². The molecule has 0 unspecified atom stereocenters. The number of hydrogen-bond donors (Lipinski definition) is 2. The highest BCUT2D eigenvalue weighted by atomic mass is 35.5. The van der Waals surface area contributed by atoms with Gasteiger partial charge in [0.1, 0.15) is 5.75 Å². The molecule has 0 atom stereocenters. The first-order valence-corrected chi connectivity index (χ1v) is 8.98. The predicted octanol–water partition coefficient (Wildman–Crippen LogP) is 3.73. The number of aromatic amines is 1. The predicted molar refractivity (Wildman–Crippen MR) is 116 cm³/mol. The lowest BCUT2D eigenvalue weighted by Crippen LogP contribution is -2.25. The van der Waals surface area contributed by atoms with Gasteiger partial charge in [-0.05, 0) is 37.3 Å². The lowest BCUT2D eigenvalue weighted by molar-refractivity contribution is -0.123. The van der Waals surface area contributed by atoms with E-state index in [-0.39, 0.29) is 24.6 Å². The zero-order valence-electron chi connectivity index (χ0n) is 15.2. The van der Waals surface area contributed by atoms with Gasteiger partial charge in [0.25, 0.3) is 11.5 Å². The van der Waals surface area contributed by atoms with E-state index in [1.54, 1.807) is 31.2 Å². The number of carbonyl (C=O) groups excluding carboxylic acids is 1. The summed E-state index contributed by atoms with van der Waals surface area (Å²) in [5.74, 6) is -0.170. The molecule has 0 bridgehead atoms. The highest BCUT2D eigenvalue weighted by Crippen LogP contribution is 2.27. The van der Waals surface area contributed by atoms with Crippen molar-refractivity contribution in [2.24, 2.45) is 5.10 Å². The summed E-state index contributed by atoms with van der Waals surface area (Å²) in [6.45, 7) is 1.45. The number of benzene rings is 2. The Balaban J connectivity index is 0.00000300. The van der Waals surface area contributed by atoms with E-state index >= 15 is 0 Å². The van der Waals surface area contributed by atoms with Crippen molar-refractivity contribution in [2.45, 2.75) is 6.92 Å². The first-order valence-electron chi connectivity index (χ1n) is 8.22. The van der Waals surface area contributed by atoms with E-state index in [0.717, 1.165) is 0 Å². The van der Waals surface area contributed by atoms with Gasteiger partial charge in [0, 0.05) is 10.7 Å². The number of nitrogens with zero attached hydrogens (tertiary/aromatic N) is 2. The number of ether oxygens (including phenoxy) is 1. The van der Waals surface area contributed by atoms with Crippen LogP contribution >= 0.6 is 35.6 Å². The van der Waals surface area contributed by atoms with Crippen LogP contribution in [0.1, 0.15) is 11.3 Å². The molecule has 3 aromatic rings. The van der Waals surface area contributed by atoms with Crippen molar-refractivity contribution in [2.75, 3.05) is 6.61 Å². The summed E-state index contributed by atoms with van der Waals surface area (Å²) in [5.41, 5.74) is 3.70. The largest absolute Gasteiger partial charge is 0.482 e. The standard InChI is InChI=1S/C19H16Cl2N4O3.ClH/c1-12-15(19(27)25(24-12)14-5-3-2-4-6-14)10-22-23-18(26)11-28-17-8-7-13(20)9-16(17)21;/h2-10,24H,11H2,1H3,(H,23,26);1H/b22-10+;. The monoisotopic (exact) mass is 454 g/mol. The van der Waals surface area contributed by atoms with Gasteiger partial charge < -0.3 is 4.74 Å². The summed E-state index contributed by atoms with van der Waals surface area (Å²) in [7, 11) is 0. The lowest BCUT2D eigenvalue weighted by Gasteiger charge is -2.06. The maximum Gasteiger partial charge on any atom is 0.280 e. The van der Waals surface area contributed by atoms with Crippen molar-refractivity contribution in [3.05, 3.63) is 80.2 Å². The number of halogens is 3. The Morgan fingerprint density at radius 1 is 1.24 bits per heavy atom. The van der Waals surface area contributed by atoms with Crippen LogP contribution in [0.5, 0.6) is 5.75 Å². The van der Waals surface area contributed by atoms with Crippen LogP contribution in [0.25, 0.3) is 5.69 Å². The van der Waals surface area contributed by atoms with E-state index in [1.165, 1.54) is 17.0 Å². The molecule has 0 aliphatic rings. The SMILES string of the molecule is Cc1[nH]n(-c2ccccc2)c(=O)c1/C=N/NC(=O)COc1ccc(Cl)cc1Cl.Cl. The molecule has 0 aliphatic heterocycles. The van der Waals surface area contributed by atoms with E-state index in [4.69, 9.17) is 27.9 Å². The van der Waals surface area contributed by atoms with E-state index in [0.29, 0.717) is 32.7 Å². The minimum absolute atomic E-state index is 0. The molecule has 29 heavy (non-hydrogen) atoms. The molecule has 7 nitrogen and oxygen atoms in total. The van der Waals surface area contributed by atoms with Crippen LogP contribution in [0, 0.1) is 6.92 Å². The van der Waals surface area contributed by atoms with Gasteiger partial charge in [-0.15, -0.1) is 12.4 Å². The maximum absolute atomic E-state index is 12.5. The Morgan fingerprint density at radius 3 is 2.66 bits per heavy atom. The molecule has 1 amide bonds. The van der Waals surface area contributed by atoms with Crippen LogP contribution in [0.2, 0.25) is 10.0 Å². The first-order chi connectivity index (χ1) is 13.5. The first kappa shape index (κ1) is 22.5. The molecular formula is C19H17Cl3N4O3. The van der Waals surface area contributed by atoms with Gasteiger partial charge in [0.2, 0.25) is 0 Å². The average molecular weight is 456 g/mol. The number of para-hydroxylation sites is 1. The van der Waals surface area contributed by atoms with Gasteiger partial charge in [-0.3, -0.25) is 14.7 Å². The van der Waals surface area contributed by atoms with Crippen molar-refractivity contribution >= 4 is 47.7 Å². The highest BCUT2D eigenvalue weighted by molar-refractivity contribution is 6.35. The molecule has 0 saturated carbocycles. The number of aryl methyl sites for hydroxylation is 1. The van der Waals surface area contributed by atoms with Crippen LogP contribution in [0.15, 0.2) is 58.4 Å². The summed E-state index contributed by atoms with van der Waals surface area (Å²) < 4.78 is 6.72. The Labute approximate surface area is 182 Å². The lowest BCUT2D eigenvalue weighted by atomic mass is 10.3. The van der Waals surface area contributed by atoms with Crippen molar-refractivity contribution in [1.29, 1.82) is 0 Å². The topological polar surface area (TPSA) is 88.5 Å². The second-order valence-corrected chi connectivity index (χ2v) is 6.63. The van der Waals surface area contributed by atoms with Crippen molar-refractivity contribution in [3.63, 3.8) is 0 Å². The van der Waals surface area contributed by atoms with Crippen molar-refractivity contribution in [3.8, 4) is 11.4 Å². The van der Waals surface area contributed by atoms with E-state index in [1.807, 2.05) is 18.2 Å². The van der Waals surface area contributed by atoms with Crippen LogP contribution in [-0.2, 0) is 4.79 Å².